The maximum absolute atomic E-state index is 12.4. The van der Waals surface area contributed by atoms with Gasteiger partial charge in [0.1, 0.15) is 5.82 Å². The van der Waals surface area contributed by atoms with Crippen LogP contribution < -0.4 is 10.6 Å². The largest absolute Gasteiger partial charge is 0.355 e. The number of nitrogens with one attached hydrogen (secondary N) is 2. The van der Waals surface area contributed by atoms with Crippen LogP contribution in [0.15, 0.2) is 42.1 Å². The second-order valence-corrected chi connectivity index (χ2v) is 8.39. The number of carbonyl (C=O) groups is 2. The van der Waals surface area contributed by atoms with Crippen molar-refractivity contribution in [2.24, 2.45) is 0 Å². The summed E-state index contributed by atoms with van der Waals surface area (Å²) in [6.07, 6.45) is 6.52. The molecule has 2 heterocycles. The minimum Gasteiger partial charge on any atom is -0.355 e. The number of likely N-dealkylation sites (tertiary alicyclic amines) is 1. The zero-order valence-corrected chi connectivity index (χ0v) is 18.8. The zero-order valence-electron chi connectivity index (χ0n) is 18.0. The molecule has 3 rings (SSSR count). The van der Waals surface area contributed by atoms with E-state index in [9.17, 15) is 9.59 Å². The van der Waals surface area contributed by atoms with E-state index in [0.717, 1.165) is 37.0 Å². The number of hydrogen-bond donors (Lipinski definition) is 2. The molecule has 0 radical (unpaired) electrons. The summed E-state index contributed by atoms with van der Waals surface area (Å²) < 4.78 is 2.03. The Morgan fingerprint density at radius 2 is 1.90 bits per heavy atom. The first-order valence-electron chi connectivity index (χ1n) is 10.6. The van der Waals surface area contributed by atoms with Gasteiger partial charge >= 0.3 is 0 Å². The van der Waals surface area contributed by atoms with Crippen LogP contribution in [0, 0.1) is 0 Å². The summed E-state index contributed by atoms with van der Waals surface area (Å²) in [7, 11) is 1.58. The Morgan fingerprint density at radius 1 is 1.16 bits per heavy atom. The lowest BCUT2D eigenvalue weighted by Gasteiger charge is -2.26. The van der Waals surface area contributed by atoms with Gasteiger partial charge in [0.05, 0.1) is 5.75 Å². The number of amides is 2. The van der Waals surface area contributed by atoms with E-state index in [-0.39, 0.29) is 17.6 Å². The zero-order chi connectivity index (χ0) is 22.1. The van der Waals surface area contributed by atoms with Gasteiger partial charge in [0, 0.05) is 37.8 Å². The number of nitrogens with zero attached hydrogens (tertiary/aromatic N) is 4. The van der Waals surface area contributed by atoms with Gasteiger partial charge < -0.3 is 20.1 Å². The molecule has 1 aliphatic rings. The normalized spacial score (nSPS) is 14.2. The molecule has 1 aromatic carbocycles. The molecule has 8 nitrogen and oxygen atoms in total. The third-order valence-corrected chi connectivity index (χ3v) is 6.16. The molecule has 0 spiro atoms. The summed E-state index contributed by atoms with van der Waals surface area (Å²) in [6.45, 7) is 7.75. The molecular formula is C22H30N6O2S. The van der Waals surface area contributed by atoms with Crippen molar-refractivity contribution in [3.63, 3.8) is 0 Å². The van der Waals surface area contributed by atoms with Crippen LogP contribution >= 0.6 is 11.8 Å². The smallest absolute Gasteiger partial charge is 0.251 e. The number of hydrogen-bond acceptors (Lipinski definition) is 6. The fourth-order valence-corrected chi connectivity index (χ4v) is 4.31. The van der Waals surface area contributed by atoms with Gasteiger partial charge in [-0.1, -0.05) is 24.3 Å². The van der Waals surface area contributed by atoms with Gasteiger partial charge in [-0.15, -0.1) is 16.8 Å². The Hall–Kier alpha value is -2.65. The molecule has 1 saturated heterocycles. The molecule has 0 unspecified atom stereocenters. The Kier molecular flexibility index (Phi) is 8.66. The number of benzene rings is 1. The van der Waals surface area contributed by atoms with E-state index < -0.39 is 0 Å². The number of piperidine rings is 1. The van der Waals surface area contributed by atoms with Gasteiger partial charge in [-0.05, 0) is 50.2 Å². The fraction of sp³-hybridized carbons (Fsp3) is 0.455. The van der Waals surface area contributed by atoms with E-state index in [1.165, 1.54) is 31.0 Å². The number of thioether (sulfide) groups is 1. The highest BCUT2D eigenvalue weighted by atomic mass is 32.2. The maximum atomic E-state index is 12.4. The van der Waals surface area contributed by atoms with Gasteiger partial charge in [-0.2, -0.15) is 0 Å². The van der Waals surface area contributed by atoms with Crippen molar-refractivity contribution in [2.45, 2.75) is 37.4 Å². The molecule has 1 fully saturated rings. The molecule has 1 aromatic heterocycles. The number of rotatable bonds is 10. The monoisotopic (exact) mass is 442 g/mol. The molecule has 0 aliphatic carbocycles. The van der Waals surface area contributed by atoms with Crippen LogP contribution in [-0.2, 0) is 17.8 Å². The Bertz CT molecular complexity index is 890. The topological polar surface area (TPSA) is 92.2 Å². The van der Waals surface area contributed by atoms with Crippen LogP contribution in [0.1, 0.15) is 35.4 Å². The molecule has 9 heteroatoms. The summed E-state index contributed by atoms with van der Waals surface area (Å²) in [5.41, 5.74) is 1.19. The number of allylic oxidation sites excluding steroid dienone is 1. The molecule has 2 N–H and O–H groups in total. The molecule has 31 heavy (non-hydrogen) atoms. The van der Waals surface area contributed by atoms with Crippen molar-refractivity contribution < 1.29 is 9.59 Å². The second-order valence-electron chi connectivity index (χ2n) is 7.44. The Balaban J connectivity index is 1.53. The maximum Gasteiger partial charge on any atom is 0.251 e. The average molecular weight is 443 g/mol. The van der Waals surface area contributed by atoms with Gasteiger partial charge in [-0.25, -0.2) is 0 Å². The molecule has 2 aromatic rings. The average Bonchev–Trinajstić information content (AvgIpc) is 3.18. The molecule has 0 saturated carbocycles. The third kappa shape index (κ3) is 6.67. The lowest BCUT2D eigenvalue weighted by atomic mass is 10.1. The highest BCUT2D eigenvalue weighted by Gasteiger charge is 2.16. The Labute approximate surface area is 187 Å². The van der Waals surface area contributed by atoms with Gasteiger partial charge in [-0.3, -0.25) is 9.59 Å². The quantitative estimate of drug-likeness (QED) is 0.434. The van der Waals surface area contributed by atoms with Crippen molar-refractivity contribution in [1.82, 2.24) is 25.0 Å². The van der Waals surface area contributed by atoms with Crippen LogP contribution in [0.5, 0.6) is 0 Å². The van der Waals surface area contributed by atoms with Gasteiger partial charge in [0.2, 0.25) is 5.91 Å². The first-order valence-corrected chi connectivity index (χ1v) is 11.6. The van der Waals surface area contributed by atoms with Crippen molar-refractivity contribution in [1.29, 1.82) is 0 Å². The van der Waals surface area contributed by atoms with Crippen LogP contribution in [-0.4, -0.2) is 63.9 Å². The standard InChI is InChI=1S/C22H30N6O2S/c1-3-12-28-19(11-15-27-13-5-4-6-14-27)25-26-22(28)31-16-20(29)24-18-9-7-17(8-10-18)21(30)23-2/h3,7-10H,1,4-6,11-16H2,2H3,(H,23,30)(H,24,29). The van der Waals surface area contributed by atoms with Crippen LogP contribution in [0.4, 0.5) is 5.69 Å². The van der Waals surface area contributed by atoms with Crippen LogP contribution in [0.3, 0.4) is 0 Å². The summed E-state index contributed by atoms with van der Waals surface area (Å²) >= 11 is 1.36. The second kappa shape index (κ2) is 11.7. The Morgan fingerprint density at radius 3 is 2.58 bits per heavy atom. The molecular weight excluding hydrogens is 412 g/mol. The van der Waals surface area contributed by atoms with Crippen LogP contribution in [0.2, 0.25) is 0 Å². The predicted molar refractivity (Wildman–Crippen MR) is 123 cm³/mol. The van der Waals surface area contributed by atoms with Gasteiger partial charge in [0.15, 0.2) is 5.16 Å². The SMILES string of the molecule is C=CCn1c(CCN2CCCCC2)nnc1SCC(=O)Nc1ccc(C(=O)NC)cc1. The highest BCUT2D eigenvalue weighted by Crippen LogP contribution is 2.19. The van der Waals surface area contributed by atoms with E-state index >= 15 is 0 Å². The number of aromatic nitrogens is 3. The summed E-state index contributed by atoms with van der Waals surface area (Å²) in [5, 5.41) is 14.8. The first kappa shape index (κ1) is 23.0. The van der Waals surface area contributed by atoms with Crippen molar-refractivity contribution >= 4 is 29.3 Å². The predicted octanol–water partition coefficient (Wildman–Crippen LogP) is 2.58. The fourth-order valence-electron chi connectivity index (χ4n) is 3.54. The summed E-state index contributed by atoms with van der Waals surface area (Å²) in [4.78, 5) is 26.5. The first-order chi connectivity index (χ1) is 15.1. The minimum atomic E-state index is -0.161. The van der Waals surface area contributed by atoms with Crippen molar-refractivity contribution in [3.05, 3.63) is 48.3 Å². The molecule has 1 aliphatic heterocycles. The minimum absolute atomic E-state index is 0.138. The molecule has 166 valence electrons. The number of carbonyl (C=O) groups excluding carboxylic acids is 2. The van der Waals surface area contributed by atoms with E-state index in [4.69, 9.17) is 0 Å². The van der Waals surface area contributed by atoms with E-state index in [0.29, 0.717) is 17.8 Å². The van der Waals surface area contributed by atoms with E-state index in [1.54, 1.807) is 31.3 Å². The van der Waals surface area contributed by atoms with E-state index in [1.807, 2.05) is 10.6 Å². The third-order valence-electron chi connectivity index (χ3n) is 5.20. The highest BCUT2D eigenvalue weighted by molar-refractivity contribution is 7.99. The molecule has 0 atom stereocenters. The van der Waals surface area contributed by atoms with Crippen molar-refractivity contribution in [3.8, 4) is 0 Å². The molecule has 2 amide bonds. The van der Waals surface area contributed by atoms with Crippen molar-refractivity contribution in [2.75, 3.05) is 37.8 Å². The lowest BCUT2D eigenvalue weighted by Crippen LogP contribution is -2.32. The lowest BCUT2D eigenvalue weighted by molar-refractivity contribution is -0.113. The summed E-state index contributed by atoms with van der Waals surface area (Å²) in [6, 6.07) is 6.78. The summed E-state index contributed by atoms with van der Waals surface area (Å²) in [5.74, 6) is 0.850. The van der Waals surface area contributed by atoms with E-state index in [2.05, 4.69) is 32.3 Å². The van der Waals surface area contributed by atoms with Crippen LogP contribution in [0.25, 0.3) is 0 Å². The number of anilines is 1. The van der Waals surface area contributed by atoms with Gasteiger partial charge in [0.25, 0.3) is 5.91 Å². The molecule has 0 bridgehead atoms.